The van der Waals surface area contributed by atoms with Crippen molar-refractivity contribution in [3.63, 3.8) is 0 Å². The summed E-state index contributed by atoms with van der Waals surface area (Å²) in [5.41, 5.74) is 5.95. The minimum atomic E-state index is -0.810. The third kappa shape index (κ3) is 3.60. The Morgan fingerprint density at radius 3 is 2.48 bits per heavy atom. The first-order valence-electron chi connectivity index (χ1n) is 6.38. The van der Waals surface area contributed by atoms with Crippen LogP contribution in [0.15, 0.2) is 24.5 Å². The zero-order valence-corrected chi connectivity index (χ0v) is 11.8. The van der Waals surface area contributed by atoms with Gasteiger partial charge < -0.3 is 16.0 Å². The van der Waals surface area contributed by atoms with Crippen LogP contribution in [0.1, 0.15) is 0 Å². The third-order valence-electron chi connectivity index (χ3n) is 2.87. The van der Waals surface area contributed by atoms with Crippen LogP contribution in [0.3, 0.4) is 0 Å². The molecule has 9 heteroatoms. The first-order chi connectivity index (χ1) is 11.1. The Balaban J connectivity index is 2.36. The Morgan fingerprint density at radius 1 is 1.17 bits per heavy atom. The van der Waals surface area contributed by atoms with Crippen molar-refractivity contribution in [2.75, 3.05) is 29.0 Å². The fraction of sp³-hybridized carbons (Fsp3) is 0.143. The van der Waals surface area contributed by atoms with E-state index in [2.05, 4.69) is 15.3 Å². The number of nitriles is 2. The topological polar surface area (TPSA) is 115 Å². The summed E-state index contributed by atoms with van der Waals surface area (Å²) < 4.78 is 26.6. The highest BCUT2D eigenvalue weighted by molar-refractivity contribution is 5.78. The normalized spacial score (nSPS) is 9.74. The van der Waals surface area contributed by atoms with E-state index in [1.165, 1.54) is 11.0 Å². The number of nitrogens with one attached hydrogen (secondary N) is 1. The van der Waals surface area contributed by atoms with Crippen molar-refractivity contribution in [1.82, 2.24) is 9.97 Å². The number of halogens is 2. The van der Waals surface area contributed by atoms with Crippen LogP contribution in [0.4, 0.5) is 31.8 Å². The van der Waals surface area contributed by atoms with E-state index >= 15 is 0 Å². The SMILES string of the molecule is N#CCN(CC#N)c1ncnc(Nc2ccc(F)cc2F)c1N. The lowest BCUT2D eigenvalue weighted by atomic mass is 10.3. The third-order valence-corrected chi connectivity index (χ3v) is 2.87. The van der Waals surface area contributed by atoms with Crippen LogP contribution in [-0.2, 0) is 0 Å². The van der Waals surface area contributed by atoms with Crippen molar-refractivity contribution in [1.29, 1.82) is 10.5 Å². The van der Waals surface area contributed by atoms with Gasteiger partial charge in [-0.1, -0.05) is 0 Å². The highest BCUT2D eigenvalue weighted by Crippen LogP contribution is 2.29. The number of rotatable bonds is 5. The summed E-state index contributed by atoms with van der Waals surface area (Å²) in [5.74, 6) is -1.26. The Kier molecular flexibility index (Phi) is 4.85. The molecule has 1 aromatic heterocycles. The van der Waals surface area contributed by atoms with Gasteiger partial charge in [0.25, 0.3) is 0 Å². The van der Waals surface area contributed by atoms with Crippen molar-refractivity contribution in [2.24, 2.45) is 0 Å². The summed E-state index contributed by atoms with van der Waals surface area (Å²) >= 11 is 0. The van der Waals surface area contributed by atoms with E-state index in [0.29, 0.717) is 0 Å². The Labute approximate surface area is 130 Å². The highest BCUT2D eigenvalue weighted by atomic mass is 19.1. The van der Waals surface area contributed by atoms with Crippen molar-refractivity contribution in [2.45, 2.75) is 0 Å². The molecule has 0 fully saturated rings. The van der Waals surface area contributed by atoms with Crippen LogP contribution in [0.5, 0.6) is 0 Å². The smallest absolute Gasteiger partial charge is 0.159 e. The molecule has 0 aliphatic rings. The van der Waals surface area contributed by atoms with E-state index in [9.17, 15) is 8.78 Å². The molecule has 0 saturated heterocycles. The van der Waals surface area contributed by atoms with Crippen LogP contribution < -0.4 is 16.0 Å². The number of anilines is 4. The molecule has 0 aliphatic carbocycles. The van der Waals surface area contributed by atoms with Gasteiger partial charge in [-0.05, 0) is 12.1 Å². The van der Waals surface area contributed by atoms with Crippen LogP contribution in [0.25, 0.3) is 0 Å². The molecule has 0 bridgehead atoms. The first kappa shape index (κ1) is 15.9. The average Bonchev–Trinajstić information content (AvgIpc) is 2.52. The van der Waals surface area contributed by atoms with Crippen molar-refractivity contribution in [3.05, 3.63) is 36.2 Å². The summed E-state index contributed by atoms with van der Waals surface area (Å²) in [6.45, 7) is -0.196. The number of nitrogen functional groups attached to an aromatic ring is 1. The maximum absolute atomic E-state index is 13.7. The lowest BCUT2D eigenvalue weighted by Crippen LogP contribution is -2.26. The minimum Gasteiger partial charge on any atom is -0.393 e. The van der Waals surface area contributed by atoms with Gasteiger partial charge in [0.05, 0.1) is 17.8 Å². The maximum atomic E-state index is 13.7. The van der Waals surface area contributed by atoms with Gasteiger partial charge in [0, 0.05) is 6.07 Å². The van der Waals surface area contributed by atoms with Crippen LogP contribution in [0.2, 0.25) is 0 Å². The Hall–Kier alpha value is -3.46. The average molecular weight is 315 g/mol. The quantitative estimate of drug-likeness (QED) is 0.810. The predicted molar refractivity (Wildman–Crippen MR) is 79.5 cm³/mol. The molecule has 0 radical (unpaired) electrons. The number of benzene rings is 1. The Morgan fingerprint density at radius 2 is 1.87 bits per heavy atom. The number of hydrogen-bond acceptors (Lipinski definition) is 7. The van der Waals surface area contributed by atoms with Crippen molar-refractivity contribution in [3.8, 4) is 12.1 Å². The monoisotopic (exact) mass is 315 g/mol. The lowest BCUT2D eigenvalue weighted by molar-refractivity contribution is 0.586. The fourth-order valence-corrected chi connectivity index (χ4v) is 1.83. The zero-order chi connectivity index (χ0) is 16.8. The van der Waals surface area contributed by atoms with Gasteiger partial charge in [-0.2, -0.15) is 10.5 Å². The molecule has 0 aliphatic heterocycles. The van der Waals surface area contributed by atoms with E-state index in [-0.39, 0.29) is 36.1 Å². The van der Waals surface area contributed by atoms with E-state index < -0.39 is 11.6 Å². The second-order valence-corrected chi connectivity index (χ2v) is 4.38. The second-order valence-electron chi connectivity index (χ2n) is 4.38. The van der Waals surface area contributed by atoms with E-state index in [4.69, 9.17) is 16.3 Å². The van der Waals surface area contributed by atoms with Gasteiger partial charge in [0.2, 0.25) is 0 Å². The molecule has 2 rings (SSSR count). The van der Waals surface area contributed by atoms with E-state index in [1.54, 1.807) is 0 Å². The maximum Gasteiger partial charge on any atom is 0.159 e. The summed E-state index contributed by atoms with van der Waals surface area (Å²) in [5, 5.41) is 20.2. The van der Waals surface area contributed by atoms with E-state index in [1.807, 2.05) is 12.1 Å². The molecule has 7 nitrogen and oxygen atoms in total. The molecule has 0 spiro atoms. The molecule has 0 amide bonds. The van der Waals surface area contributed by atoms with Gasteiger partial charge in [0.15, 0.2) is 11.6 Å². The van der Waals surface area contributed by atoms with Crippen molar-refractivity contribution >= 4 is 23.0 Å². The first-order valence-corrected chi connectivity index (χ1v) is 6.38. The van der Waals surface area contributed by atoms with Crippen LogP contribution in [0, 0.1) is 34.3 Å². The Bertz CT molecular complexity index is 779. The van der Waals surface area contributed by atoms with E-state index in [0.717, 1.165) is 18.5 Å². The molecule has 1 heterocycles. The van der Waals surface area contributed by atoms with Crippen LogP contribution >= 0.6 is 0 Å². The number of nitrogens with two attached hydrogens (primary N) is 1. The highest BCUT2D eigenvalue weighted by Gasteiger charge is 2.16. The van der Waals surface area contributed by atoms with Crippen LogP contribution in [-0.4, -0.2) is 23.1 Å². The van der Waals surface area contributed by atoms with Gasteiger partial charge >= 0.3 is 0 Å². The summed E-state index contributed by atoms with van der Waals surface area (Å²) in [4.78, 5) is 9.20. The molecular formula is C14H11F2N7. The lowest BCUT2D eigenvalue weighted by Gasteiger charge is -2.20. The molecule has 1 aromatic carbocycles. The molecule has 0 unspecified atom stereocenters. The van der Waals surface area contributed by atoms with Crippen molar-refractivity contribution < 1.29 is 8.78 Å². The second kappa shape index (κ2) is 7.00. The molecule has 0 saturated carbocycles. The number of aromatic nitrogens is 2. The molecule has 0 atom stereocenters. The number of nitrogens with zero attached hydrogens (tertiary/aromatic N) is 5. The largest absolute Gasteiger partial charge is 0.393 e. The minimum absolute atomic E-state index is 0.0186. The molecule has 3 N–H and O–H groups in total. The number of hydrogen-bond donors (Lipinski definition) is 2. The molecule has 23 heavy (non-hydrogen) atoms. The van der Waals surface area contributed by atoms with Gasteiger partial charge in [-0.25, -0.2) is 18.7 Å². The summed E-state index contributed by atoms with van der Waals surface area (Å²) in [6.07, 6.45) is 1.16. The molecule has 116 valence electrons. The standard InChI is InChI=1S/C14H11F2N7/c15-9-1-2-11(10(16)7-9)22-13-12(19)14(21-8-20-13)23(5-3-17)6-4-18/h1-2,7-8H,5-6,19H2,(H,20,21,22). The summed E-state index contributed by atoms with van der Waals surface area (Å²) in [6, 6.07) is 6.81. The fourth-order valence-electron chi connectivity index (χ4n) is 1.83. The summed E-state index contributed by atoms with van der Waals surface area (Å²) in [7, 11) is 0. The van der Waals surface area contributed by atoms with Gasteiger partial charge in [0.1, 0.15) is 36.7 Å². The molecular weight excluding hydrogens is 304 g/mol. The zero-order valence-electron chi connectivity index (χ0n) is 11.8. The van der Waals surface area contributed by atoms with Gasteiger partial charge in [-0.15, -0.1) is 0 Å². The van der Waals surface area contributed by atoms with Gasteiger partial charge in [-0.3, -0.25) is 0 Å². The molecule has 2 aromatic rings. The predicted octanol–water partition coefficient (Wildman–Crippen LogP) is 1.93.